The minimum atomic E-state index is -5.15. The summed E-state index contributed by atoms with van der Waals surface area (Å²) in [7, 11) is -5.15. The molecule has 0 aliphatic heterocycles. The second kappa shape index (κ2) is 36.3. The van der Waals surface area contributed by atoms with Crippen molar-refractivity contribution in [2.75, 3.05) is 13.2 Å². The Hall–Kier alpha value is -3.23. The van der Waals surface area contributed by atoms with Crippen LogP contribution < -0.4 is 0 Å². The van der Waals surface area contributed by atoms with E-state index in [0.29, 0.717) is 19.3 Å². The molecule has 0 saturated heterocycles. The summed E-state index contributed by atoms with van der Waals surface area (Å²) >= 11 is 0. The van der Waals surface area contributed by atoms with Crippen LogP contribution in [0.3, 0.4) is 0 Å². The number of unbranched alkanes of at least 4 members (excludes halogenated alkanes) is 6. The Labute approximate surface area is 364 Å². The molecular weight excluding hydrogens is 803 g/mol. The Morgan fingerprint density at radius 1 is 0.525 bits per heavy atom. The molecule has 0 radical (unpaired) electrons. The molecule has 0 spiro atoms. The number of aliphatic hydroxyl groups is 5. The number of aliphatic hydroxyl groups excluding tert-OH is 5. The minimum Gasteiger partial charge on any atom is -0.462 e. The predicted octanol–water partition coefficient (Wildman–Crippen LogP) is 8.27. The quantitative estimate of drug-likeness (QED) is 0.0156. The number of allylic oxidation sites excluding steroid dienone is 16. The molecule has 14 heteroatoms. The highest BCUT2D eigenvalue weighted by Gasteiger charge is 2.51. The van der Waals surface area contributed by atoms with Gasteiger partial charge in [-0.2, -0.15) is 0 Å². The summed E-state index contributed by atoms with van der Waals surface area (Å²) in [5.41, 5.74) is 0. The van der Waals surface area contributed by atoms with Crippen LogP contribution in [0, 0.1) is 0 Å². The Morgan fingerprint density at radius 2 is 0.934 bits per heavy atom. The van der Waals surface area contributed by atoms with Crippen molar-refractivity contribution in [3.8, 4) is 0 Å². The van der Waals surface area contributed by atoms with Crippen LogP contribution in [0.5, 0.6) is 0 Å². The summed E-state index contributed by atoms with van der Waals surface area (Å²) in [5.74, 6) is -1.23. The fraction of sp³-hybridized carbons (Fsp3) is 0.617. The van der Waals surface area contributed by atoms with Gasteiger partial charge in [-0.15, -0.1) is 0 Å². The number of rotatable bonds is 34. The largest absolute Gasteiger partial charge is 0.472 e. The molecule has 1 fully saturated rings. The monoisotopic (exact) mass is 878 g/mol. The number of hydrogen-bond donors (Lipinski definition) is 6. The van der Waals surface area contributed by atoms with E-state index in [-0.39, 0.29) is 12.8 Å². The first kappa shape index (κ1) is 55.8. The molecule has 6 N–H and O–H groups in total. The molecule has 0 aromatic rings. The van der Waals surface area contributed by atoms with Crippen molar-refractivity contribution in [1.29, 1.82) is 0 Å². The minimum absolute atomic E-state index is 0.00557. The predicted molar refractivity (Wildman–Crippen MR) is 239 cm³/mol. The van der Waals surface area contributed by atoms with Gasteiger partial charge < -0.3 is 39.9 Å². The highest BCUT2D eigenvalue weighted by molar-refractivity contribution is 7.47. The zero-order valence-corrected chi connectivity index (χ0v) is 37.3. The van der Waals surface area contributed by atoms with Gasteiger partial charge in [0.15, 0.2) is 6.10 Å². The van der Waals surface area contributed by atoms with Gasteiger partial charge in [0.2, 0.25) is 0 Å². The van der Waals surface area contributed by atoms with Gasteiger partial charge in [-0.3, -0.25) is 18.6 Å². The van der Waals surface area contributed by atoms with Gasteiger partial charge in [0.1, 0.15) is 43.2 Å². The van der Waals surface area contributed by atoms with Crippen LogP contribution in [0.2, 0.25) is 0 Å². The molecule has 0 bridgehead atoms. The molecule has 0 heterocycles. The van der Waals surface area contributed by atoms with E-state index < -0.39 is 75.7 Å². The van der Waals surface area contributed by atoms with Crippen molar-refractivity contribution in [2.24, 2.45) is 0 Å². The lowest BCUT2D eigenvalue weighted by molar-refractivity contribution is -0.220. The second-order valence-electron chi connectivity index (χ2n) is 14.8. The van der Waals surface area contributed by atoms with Crippen LogP contribution in [-0.2, 0) is 32.7 Å². The molecule has 1 aliphatic carbocycles. The molecule has 1 aliphatic rings. The van der Waals surface area contributed by atoms with E-state index in [0.717, 1.165) is 64.2 Å². The summed E-state index contributed by atoms with van der Waals surface area (Å²) in [5, 5.41) is 50.1. The first-order valence-electron chi connectivity index (χ1n) is 22.0. The number of carbonyl (C=O) groups is 2. The Morgan fingerprint density at radius 3 is 1.41 bits per heavy atom. The summed E-state index contributed by atoms with van der Waals surface area (Å²) in [6.07, 6.45) is 34.7. The molecule has 1 saturated carbocycles. The van der Waals surface area contributed by atoms with Gasteiger partial charge in [0.25, 0.3) is 0 Å². The first-order valence-corrected chi connectivity index (χ1v) is 23.5. The standard InChI is InChI=1S/C47H75O13P/c1-3-5-7-9-11-13-15-17-19-20-22-24-26-28-30-32-34-36-41(49)59-39(38-58-61(55,56)60-47-45(53)43(51)42(50)44(52)46(47)54)37-57-40(48)35-33-31-29-27-25-23-21-18-16-14-12-10-8-6-4-2/h6,8,11-14,17-19,21-22,24-25,27-28,30,39,42-47,50-54H,3-5,7,9-10,15-16,20,23,26,29,31-38H2,1-2H3,(H,55,56)/b8-6-,13-11-,14-12-,19-17-,21-18-,24-22-,27-25-,30-28-/t39-,42?,43-,44?,45?,46?,47?/m1/s1. The Balaban J connectivity index is 2.57. The average Bonchev–Trinajstić information content (AvgIpc) is 3.24. The zero-order chi connectivity index (χ0) is 45.0. The van der Waals surface area contributed by atoms with Crippen molar-refractivity contribution in [3.63, 3.8) is 0 Å². The third-order valence-corrected chi connectivity index (χ3v) is 10.4. The fourth-order valence-electron chi connectivity index (χ4n) is 5.86. The normalized spacial score (nSPS) is 23.0. The molecule has 61 heavy (non-hydrogen) atoms. The summed E-state index contributed by atoms with van der Waals surface area (Å²) in [6.45, 7) is 3.05. The lowest BCUT2D eigenvalue weighted by Gasteiger charge is -2.41. The highest BCUT2D eigenvalue weighted by Crippen LogP contribution is 2.47. The fourth-order valence-corrected chi connectivity index (χ4v) is 6.83. The van der Waals surface area contributed by atoms with E-state index in [1.54, 1.807) is 0 Å². The third kappa shape index (κ3) is 28.9. The van der Waals surface area contributed by atoms with Gasteiger partial charge in [-0.25, -0.2) is 4.57 Å². The summed E-state index contributed by atoms with van der Waals surface area (Å²) in [6, 6.07) is 0. The number of carbonyl (C=O) groups excluding carboxylic acids is 2. The van der Waals surface area contributed by atoms with Crippen LogP contribution in [0.25, 0.3) is 0 Å². The van der Waals surface area contributed by atoms with Crippen LogP contribution in [0.1, 0.15) is 129 Å². The van der Waals surface area contributed by atoms with E-state index in [4.69, 9.17) is 18.5 Å². The smallest absolute Gasteiger partial charge is 0.462 e. The van der Waals surface area contributed by atoms with Crippen molar-refractivity contribution >= 4 is 19.8 Å². The van der Waals surface area contributed by atoms with Crippen LogP contribution in [0.4, 0.5) is 0 Å². The van der Waals surface area contributed by atoms with E-state index in [1.807, 2.05) is 12.2 Å². The summed E-state index contributed by atoms with van der Waals surface area (Å²) in [4.78, 5) is 35.6. The number of esters is 2. The van der Waals surface area contributed by atoms with Gasteiger partial charge in [0, 0.05) is 12.8 Å². The lowest BCUT2D eigenvalue weighted by Crippen LogP contribution is -2.64. The molecule has 6 unspecified atom stereocenters. The average molecular weight is 879 g/mol. The Bertz CT molecular complexity index is 1430. The highest BCUT2D eigenvalue weighted by atomic mass is 31.2. The molecule has 1 rings (SSSR count). The second-order valence-corrected chi connectivity index (χ2v) is 16.2. The molecule has 8 atom stereocenters. The number of ether oxygens (including phenoxy) is 2. The molecule has 0 aromatic heterocycles. The molecular formula is C47H75O13P. The van der Waals surface area contributed by atoms with Crippen LogP contribution in [-0.4, -0.2) is 98.3 Å². The number of hydrogen-bond acceptors (Lipinski definition) is 12. The third-order valence-electron chi connectivity index (χ3n) is 9.41. The van der Waals surface area contributed by atoms with Crippen LogP contribution in [0.15, 0.2) is 97.2 Å². The molecule has 13 nitrogen and oxygen atoms in total. The molecule has 346 valence electrons. The maximum Gasteiger partial charge on any atom is 0.472 e. The van der Waals surface area contributed by atoms with Crippen molar-refractivity contribution in [1.82, 2.24) is 0 Å². The van der Waals surface area contributed by atoms with E-state index in [2.05, 4.69) is 98.9 Å². The maximum atomic E-state index is 12.8. The Kier molecular flexibility index (Phi) is 33.2. The van der Waals surface area contributed by atoms with E-state index in [1.165, 1.54) is 19.3 Å². The van der Waals surface area contributed by atoms with Crippen molar-refractivity contribution in [2.45, 2.75) is 172 Å². The maximum absolute atomic E-state index is 12.8. The molecule has 0 amide bonds. The number of phosphoric ester groups is 1. The first-order chi connectivity index (χ1) is 29.4. The van der Waals surface area contributed by atoms with E-state index >= 15 is 0 Å². The van der Waals surface area contributed by atoms with Crippen LogP contribution >= 0.6 is 7.82 Å². The number of phosphoric acid groups is 1. The van der Waals surface area contributed by atoms with Gasteiger partial charge in [-0.1, -0.05) is 124 Å². The van der Waals surface area contributed by atoms with Gasteiger partial charge in [0.05, 0.1) is 6.61 Å². The van der Waals surface area contributed by atoms with Gasteiger partial charge in [-0.05, 0) is 89.9 Å². The van der Waals surface area contributed by atoms with Crippen molar-refractivity contribution in [3.05, 3.63) is 97.2 Å². The zero-order valence-electron chi connectivity index (χ0n) is 36.4. The molecule has 0 aromatic carbocycles. The van der Waals surface area contributed by atoms with Gasteiger partial charge >= 0.3 is 19.8 Å². The summed E-state index contributed by atoms with van der Waals surface area (Å²) < 4.78 is 33.4. The lowest BCUT2D eigenvalue weighted by atomic mass is 9.85. The van der Waals surface area contributed by atoms with Crippen molar-refractivity contribution < 1.29 is 63.1 Å². The van der Waals surface area contributed by atoms with E-state index in [9.17, 15) is 44.6 Å². The SMILES string of the molecule is CC/C=C\C/C=C\C/C=C\C/C=C\CCCCC(=O)OC[C@H](COP(=O)(O)OC1C(O)C(O)C(O)[C@@H](O)C1O)OC(=O)CCC/C=C\C/C=C\C/C=C\C/C=C\CCCCC. The topological polar surface area (TPSA) is 210 Å².